The number of carbonyl (C=O) groups is 1. The van der Waals surface area contributed by atoms with Gasteiger partial charge in [0.15, 0.2) is 5.78 Å². The van der Waals surface area contributed by atoms with E-state index in [9.17, 15) is 4.79 Å². The summed E-state index contributed by atoms with van der Waals surface area (Å²) >= 11 is 6.48. The Morgan fingerprint density at radius 1 is 1.89 bits per heavy atom. The maximum atomic E-state index is 10.9. The fourth-order valence-electron chi connectivity index (χ4n) is 0.869. The highest BCUT2D eigenvalue weighted by Gasteiger charge is 2.28. The minimum atomic E-state index is 0.0880. The third kappa shape index (κ3) is 1.33. The van der Waals surface area contributed by atoms with Crippen molar-refractivity contribution >= 4 is 34.0 Å². The Labute approximate surface area is 64.2 Å². The van der Waals surface area contributed by atoms with Crippen molar-refractivity contribution in [1.82, 2.24) is 0 Å². The summed E-state index contributed by atoms with van der Waals surface area (Å²) in [5.74, 6) is 1.01. The zero-order valence-corrected chi connectivity index (χ0v) is 6.85. The highest BCUT2D eigenvalue weighted by Crippen LogP contribution is 2.26. The maximum absolute atomic E-state index is 10.9. The molecule has 1 aliphatic rings. The molecule has 1 nitrogen and oxygen atoms in total. The summed E-state index contributed by atoms with van der Waals surface area (Å²) in [5.41, 5.74) is 0. The van der Waals surface area contributed by atoms with Crippen molar-refractivity contribution in [2.45, 2.75) is 13.3 Å². The predicted molar refractivity (Wildman–Crippen MR) is 43.8 cm³/mol. The molecule has 0 N–H and O–H groups in total. The molecule has 0 spiro atoms. The first-order valence-corrected chi connectivity index (χ1v) is 4.34. The van der Waals surface area contributed by atoms with Gasteiger partial charge in [0.05, 0.1) is 15.9 Å². The molecule has 3 heteroatoms. The van der Waals surface area contributed by atoms with Crippen LogP contribution >= 0.6 is 24.0 Å². The van der Waals surface area contributed by atoms with Crippen molar-refractivity contribution in [3.8, 4) is 0 Å². The Morgan fingerprint density at radius 2 is 2.56 bits per heavy atom. The molecule has 0 amide bonds. The molecule has 9 heavy (non-hydrogen) atoms. The second kappa shape index (κ2) is 2.80. The largest absolute Gasteiger partial charge is 0.298 e. The van der Waals surface area contributed by atoms with Crippen LogP contribution in [0, 0.1) is 5.92 Å². The Kier molecular flexibility index (Phi) is 2.24. The Bertz CT molecular complexity index is 137. The van der Waals surface area contributed by atoms with Gasteiger partial charge in [-0.05, 0) is 6.42 Å². The standard InChI is InChI=1S/C6H8OS2/c1-2-4-5(7)3-9-6(4)8/h4H,2-3H2,1H3. The molecular weight excluding hydrogens is 152 g/mol. The number of Topliss-reactive ketones (excluding diaryl/α,β-unsaturated/α-hetero) is 1. The normalized spacial score (nSPS) is 27.4. The van der Waals surface area contributed by atoms with E-state index in [1.54, 1.807) is 0 Å². The first-order chi connectivity index (χ1) is 4.25. The lowest BCUT2D eigenvalue weighted by molar-refractivity contribution is -0.118. The van der Waals surface area contributed by atoms with Crippen LogP contribution in [0.5, 0.6) is 0 Å². The number of thioether (sulfide) groups is 1. The second-order valence-corrected chi connectivity index (χ2v) is 3.75. The van der Waals surface area contributed by atoms with Gasteiger partial charge in [-0.25, -0.2) is 0 Å². The average Bonchev–Trinajstić information content (AvgIpc) is 2.12. The summed E-state index contributed by atoms with van der Waals surface area (Å²) in [6.07, 6.45) is 0.880. The van der Waals surface area contributed by atoms with Crippen LogP contribution in [0.1, 0.15) is 13.3 Å². The van der Waals surface area contributed by atoms with E-state index in [1.807, 2.05) is 6.92 Å². The van der Waals surface area contributed by atoms with E-state index >= 15 is 0 Å². The Balaban J connectivity index is 2.66. The molecule has 1 aliphatic heterocycles. The molecule has 1 unspecified atom stereocenters. The van der Waals surface area contributed by atoms with Crippen LogP contribution < -0.4 is 0 Å². The SMILES string of the molecule is CCC1C(=O)CSC1=S. The van der Waals surface area contributed by atoms with Crippen molar-refractivity contribution in [1.29, 1.82) is 0 Å². The van der Waals surface area contributed by atoms with Gasteiger partial charge in [0, 0.05) is 0 Å². The molecule has 0 aliphatic carbocycles. The monoisotopic (exact) mass is 160 g/mol. The highest BCUT2D eigenvalue weighted by atomic mass is 32.2. The fraction of sp³-hybridized carbons (Fsp3) is 0.667. The van der Waals surface area contributed by atoms with E-state index in [0.717, 1.165) is 10.6 Å². The molecule has 1 saturated heterocycles. The summed E-state index contributed by atoms with van der Waals surface area (Å²) in [5, 5.41) is 0. The number of thiocarbonyl (C=S) groups is 1. The average molecular weight is 160 g/mol. The van der Waals surface area contributed by atoms with Crippen LogP contribution in [-0.2, 0) is 4.79 Å². The minimum Gasteiger partial charge on any atom is -0.298 e. The third-order valence-corrected chi connectivity index (χ3v) is 3.07. The molecule has 0 saturated carbocycles. The van der Waals surface area contributed by atoms with Crippen molar-refractivity contribution in [3.63, 3.8) is 0 Å². The van der Waals surface area contributed by atoms with Gasteiger partial charge in [-0.3, -0.25) is 4.79 Å². The summed E-state index contributed by atoms with van der Waals surface area (Å²) in [6.45, 7) is 2.00. The van der Waals surface area contributed by atoms with Crippen LogP contribution in [0.4, 0.5) is 0 Å². The lowest BCUT2D eigenvalue weighted by Gasteiger charge is -1.99. The summed E-state index contributed by atoms with van der Waals surface area (Å²) in [7, 11) is 0. The van der Waals surface area contributed by atoms with E-state index in [4.69, 9.17) is 12.2 Å². The first-order valence-electron chi connectivity index (χ1n) is 2.95. The molecule has 0 aromatic heterocycles. The first kappa shape index (κ1) is 7.22. The topological polar surface area (TPSA) is 17.1 Å². The second-order valence-electron chi connectivity index (χ2n) is 2.03. The zero-order chi connectivity index (χ0) is 6.85. The molecule has 1 heterocycles. The van der Waals surface area contributed by atoms with Crippen molar-refractivity contribution in [3.05, 3.63) is 0 Å². The quantitative estimate of drug-likeness (QED) is 0.543. The van der Waals surface area contributed by atoms with Crippen LogP contribution in [0.3, 0.4) is 0 Å². The third-order valence-electron chi connectivity index (χ3n) is 1.44. The predicted octanol–water partition coefficient (Wildman–Crippen LogP) is 1.66. The number of hydrogen-bond acceptors (Lipinski definition) is 3. The lowest BCUT2D eigenvalue weighted by atomic mass is 10.1. The molecule has 1 rings (SSSR count). The molecule has 0 bridgehead atoms. The number of carbonyl (C=O) groups excluding carboxylic acids is 1. The van der Waals surface area contributed by atoms with Gasteiger partial charge in [0.1, 0.15) is 0 Å². The summed E-state index contributed by atoms with van der Waals surface area (Å²) in [4.78, 5) is 10.9. The van der Waals surface area contributed by atoms with Gasteiger partial charge in [-0.15, -0.1) is 11.8 Å². The van der Waals surface area contributed by atoms with Gasteiger partial charge in [0.25, 0.3) is 0 Å². The van der Waals surface area contributed by atoms with Crippen molar-refractivity contribution < 1.29 is 4.79 Å². The van der Waals surface area contributed by atoms with Gasteiger partial charge in [0.2, 0.25) is 0 Å². The van der Waals surface area contributed by atoms with Gasteiger partial charge < -0.3 is 0 Å². The van der Waals surface area contributed by atoms with E-state index in [1.165, 1.54) is 11.8 Å². The lowest BCUT2D eigenvalue weighted by Crippen LogP contribution is -2.11. The van der Waals surface area contributed by atoms with Crippen molar-refractivity contribution in [2.24, 2.45) is 5.92 Å². The van der Waals surface area contributed by atoms with E-state index < -0.39 is 0 Å². The Morgan fingerprint density at radius 3 is 2.78 bits per heavy atom. The van der Waals surface area contributed by atoms with Crippen LogP contribution in [0.25, 0.3) is 0 Å². The van der Waals surface area contributed by atoms with Gasteiger partial charge in [-0.2, -0.15) is 0 Å². The number of hydrogen-bond donors (Lipinski definition) is 0. The molecular formula is C6H8OS2. The van der Waals surface area contributed by atoms with E-state index in [0.29, 0.717) is 11.5 Å². The van der Waals surface area contributed by atoms with Gasteiger partial charge in [-0.1, -0.05) is 19.1 Å². The summed E-state index contributed by atoms with van der Waals surface area (Å²) < 4.78 is 0.891. The van der Waals surface area contributed by atoms with Crippen molar-refractivity contribution in [2.75, 3.05) is 5.75 Å². The molecule has 1 atom stereocenters. The van der Waals surface area contributed by atoms with E-state index in [-0.39, 0.29) is 5.92 Å². The Hall–Kier alpha value is 0.110. The maximum Gasteiger partial charge on any atom is 0.151 e. The van der Waals surface area contributed by atoms with E-state index in [2.05, 4.69) is 0 Å². The molecule has 0 aromatic carbocycles. The van der Waals surface area contributed by atoms with Crippen LogP contribution in [0.15, 0.2) is 0 Å². The number of ketones is 1. The smallest absolute Gasteiger partial charge is 0.151 e. The zero-order valence-electron chi connectivity index (χ0n) is 5.22. The molecule has 0 aromatic rings. The minimum absolute atomic E-state index is 0.0880. The molecule has 1 fully saturated rings. The number of rotatable bonds is 1. The van der Waals surface area contributed by atoms with Crippen LogP contribution in [0.2, 0.25) is 0 Å². The molecule has 0 radical (unpaired) electrons. The van der Waals surface area contributed by atoms with Gasteiger partial charge >= 0.3 is 0 Å². The summed E-state index contributed by atoms with van der Waals surface area (Å²) in [6, 6.07) is 0. The fourth-order valence-corrected chi connectivity index (χ4v) is 2.33. The molecule has 50 valence electrons. The van der Waals surface area contributed by atoms with Crippen LogP contribution in [-0.4, -0.2) is 15.7 Å². The highest BCUT2D eigenvalue weighted by molar-refractivity contribution is 8.24.